The zero-order valence-corrected chi connectivity index (χ0v) is 13.7. The van der Waals surface area contributed by atoms with Gasteiger partial charge in [-0.15, -0.1) is 0 Å². The van der Waals surface area contributed by atoms with Gasteiger partial charge in [0.1, 0.15) is 5.82 Å². The van der Waals surface area contributed by atoms with Crippen molar-refractivity contribution in [2.45, 2.75) is 38.8 Å². The second-order valence-electron chi connectivity index (χ2n) is 6.41. The number of nitrogens with zero attached hydrogens (tertiary/aromatic N) is 1. The normalized spacial score (nSPS) is 27.1. The summed E-state index contributed by atoms with van der Waals surface area (Å²) < 4.78 is 14.6. The first-order valence-corrected chi connectivity index (χ1v) is 8.30. The summed E-state index contributed by atoms with van der Waals surface area (Å²) in [6.45, 7) is 6.45. The van der Waals surface area contributed by atoms with E-state index in [0.29, 0.717) is 18.0 Å². The van der Waals surface area contributed by atoms with Crippen molar-refractivity contribution >= 4 is 21.6 Å². The second-order valence-corrected chi connectivity index (χ2v) is 7.27. The molecule has 1 aromatic carbocycles. The van der Waals surface area contributed by atoms with Crippen molar-refractivity contribution < 1.29 is 4.39 Å². The Morgan fingerprint density at radius 3 is 2.75 bits per heavy atom. The summed E-state index contributed by atoms with van der Waals surface area (Å²) in [5, 5.41) is 3.70. The molecule has 1 heterocycles. The Labute approximate surface area is 128 Å². The highest BCUT2D eigenvalue weighted by molar-refractivity contribution is 9.10. The molecule has 2 aliphatic rings. The number of benzene rings is 1. The number of hydrogen-bond acceptors (Lipinski definition) is 2. The zero-order chi connectivity index (χ0) is 14.3. The van der Waals surface area contributed by atoms with E-state index >= 15 is 0 Å². The largest absolute Gasteiger partial charge is 0.364 e. The molecule has 4 heteroatoms. The minimum absolute atomic E-state index is 0.160. The van der Waals surface area contributed by atoms with Crippen LogP contribution in [0.1, 0.15) is 26.7 Å². The van der Waals surface area contributed by atoms with Crippen LogP contribution >= 0.6 is 15.9 Å². The minimum Gasteiger partial charge on any atom is -0.364 e. The maximum atomic E-state index is 13.6. The third-order valence-corrected chi connectivity index (χ3v) is 5.23. The molecule has 1 aliphatic carbocycles. The highest BCUT2D eigenvalue weighted by atomic mass is 79.9. The Morgan fingerprint density at radius 2 is 2.10 bits per heavy atom. The number of piperazine rings is 1. The fraction of sp³-hybridized carbons (Fsp3) is 0.625. The van der Waals surface area contributed by atoms with Crippen molar-refractivity contribution in [1.82, 2.24) is 5.32 Å². The van der Waals surface area contributed by atoms with Crippen LogP contribution in [0.2, 0.25) is 0 Å². The van der Waals surface area contributed by atoms with E-state index in [4.69, 9.17) is 0 Å². The van der Waals surface area contributed by atoms with Crippen molar-refractivity contribution in [3.05, 3.63) is 28.5 Å². The molecule has 1 aromatic rings. The summed E-state index contributed by atoms with van der Waals surface area (Å²) in [7, 11) is 0. The van der Waals surface area contributed by atoms with Crippen LogP contribution in [0.15, 0.2) is 22.7 Å². The Hall–Kier alpha value is -0.610. The highest BCUT2D eigenvalue weighted by Gasteiger charge is 2.38. The van der Waals surface area contributed by atoms with Crippen LogP contribution in [0.3, 0.4) is 0 Å². The third kappa shape index (κ3) is 2.86. The first-order chi connectivity index (χ1) is 9.56. The maximum absolute atomic E-state index is 13.6. The molecule has 0 amide bonds. The predicted octanol–water partition coefficient (Wildman–Crippen LogP) is 3.80. The highest BCUT2D eigenvalue weighted by Crippen LogP contribution is 2.37. The molecule has 2 fully saturated rings. The summed E-state index contributed by atoms with van der Waals surface area (Å²) in [5.41, 5.74) is 0.996. The predicted molar refractivity (Wildman–Crippen MR) is 84.6 cm³/mol. The van der Waals surface area contributed by atoms with Gasteiger partial charge < -0.3 is 10.2 Å². The Balaban J connectivity index is 1.89. The van der Waals surface area contributed by atoms with Crippen molar-refractivity contribution in [2.24, 2.45) is 11.8 Å². The lowest BCUT2D eigenvalue weighted by Crippen LogP contribution is -2.59. The summed E-state index contributed by atoms with van der Waals surface area (Å²) in [5.74, 6) is 1.20. The summed E-state index contributed by atoms with van der Waals surface area (Å²) >= 11 is 3.59. The van der Waals surface area contributed by atoms with Crippen molar-refractivity contribution in [1.29, 1.82) is 0 Å². The van der Waals surface area contributed by atoms with Crippen molar-refractivity contribution in [3.63, 3.8) is 0 Å². The van der Waals surface area contributed by atoms with Crippen LogP contribution in [0.4, 0.5) is 10.1 Å². The fourth-order valence-corrected chi connectivity index (χ4v) is 3.66. The Kier molecular flexibility index (Phi) is 4.04. The van der Waals surface area contributed by atoms with Gasteiger partial charge in [0.25, 0.3) is 0 Å². The van der Waals surface area contributed by atoms with E-state index in [9.17, 15) is 4.39 Å². The molecular weight excluding hydrogens is 319 g/mol. The van der Waals surface area contributed by atoms with Gasteiger partial charge in [0.05, 0.1) is 5.69 Å². The van der Waals surface area contributed by atoms with Gasteiger partial charge in [0, 0.05) is 29.6 Å². The van der Waals surface area contributed by atoms with Crippen LogP contribution in [0, 0.1) is 17.7 Å². The molecule has 0 spiro atoms. The number of halogens is 2. The number of rotatable bonds is 3. The third-order valence-electron chi connectivity index (χ3n) is 4.56. The molecule has 2 nitrogen and oxygen atoms in total. The molecule has 0 bridgehead atoms. The standard InChI is InChI=1S/C16H22BrFN2/c1-10(2)16-8-19-14(11-3-4-11)9-20(16)15-7-12(18)5-6-13(15)17/h5-7,10-11,14,16,19H,3-4,8-9H2,1-2H3. The summed E-state index contributed by atoms with van der Waals surface area (Å²) in [4.78, 5) is 2.40. The molecule has 1 saturated heterocycles. The molecule has 2 atom stereocenters. The average molecular weight is 341 g/mol. The van der Waals surface area contributed by atoms with Gasteiger partial charge in [-0.1, -0.05) is 13.8 Å². The average Bonchev–Trinajstić information content (AvgIpc) is 3.25. The van der Waals surface area contributed by atoms with Crippen LogP contribution in [-0.2, 0) is 0 Å². The number of nitrogens with one attached hydrogen (secondary N) is 1. The molecule has 1 aliphatic heterocycles. The first-order valence-electron chi connectivity index (χ1n) is 7.51. The first kappa shape index (κ1) is 14.3. The van der Waals surface area contributed by atoms with Crippen LogP contribution in [-0.4, -0.2) is 25.2 Å². The van der Waals surface area contributed by atoms with Gasteiger partial charge in [0.2, 0.25) is 0 Å². The molecule has 1 saturated carbocycles. The van der Waals surface area contributed by atoms with E-state index in [1.54, 1.807) is 6.07 Å². The molecule has 0 aromatic heterocycles. The zero-order valence-electron chi connectivity index (χ0n) is 12.1. The second kappa shape index (κ2) is 5.64. The van der Waals surface area contributed by atoms with Gasteiger partial charge in [-0.25, -0.2) is 4.39 Å². The minimum atomic E-state index is -0.160. The topological polar surface area (TPSA) is 15.3 Å². The quantitative estimate of drug-likeness (QED) is 0.900. The fourth-order valence-electron chi connectivity index (χ4n) is 3.19. The summed E-state index contributed by atoms with van der Waals surface area (Å²) in [6.07, 6.45) is 2.67. The van der Waals surface area contributed by atoms with Gasteiger partial charge >= 0.3 is 0 Å². The Morgan fingerprint density at radius 1 is 1.35 bits per heavy atom. The lowest BCUT2D eigenvalue weighted by molar-refractivity contribution is 0.319. The van der Waals surface area contributed by atoms with E-state index in [1.807, 2.05) is 6.07 Å². The van der Waals surface area contributed by atoms with E-state index < -0.39 is 0 Å². The van der Waals surface area contributed by atoms with Gasteiger partial charge in [-0.2, -0.15) is 0 Å². The van der Waals surface area contributed by atoms with Crippen LogP contribution in [0.5, 0.6) is 0 Å². The van der Waals surface area contributed by atoms with Gasteiger partial charge in [-0.3, -0.25) is 0 Å². The molecule has 0 radical (unpaired) electrons. The SMILES string of the molecule is CC(C)C1CNC(C2CC2)CN1c1cc(F)ccc1Br. The summed E-state index contributed by atoms with van der Waals surface area (Å²) in [6, 6.07) is 5.96. The molecular formula is C16H22BrFN2. The monoisotopic (exact) mass is 340 g/mol. The Bertz CT molecular complexity index is 487. The van der Waals surface area contributed by atoms with E-state index in [-0.39, 0.29) is 5.82 Å². The lowest BCUT2D eigenvalue weighted by atomic mass is 9.96. The molecule has 110 valence electrons. The van der Waals surface area contributed by atoms with E-state index in [0.717, 1.165) is 29.2 Å². The van der Waals surface area contributed by atoms with Crippen molar-refractivity contribution in [2.75, 3.05) is 18.0 Å². The van der Waals surface area contributed by atoms with Crippen LogP contribution < -0.4 is 10.2 Å². The van der Waals surface area contributed by atoms with Gasteiger partial charge in [0.15, 0.2) is 0 Å². The van der Waals surface area contributed by atoms with Gasteiger partial charge in [-0.05, 0) is 58.8 Å². The molecule has 2 unspecified atom stereocenters. The lowest BCUT2D eigenvalue weighted by Gasteiger charge is -2.44. The molecule has 3 rings (SSSR count). The van der Waals surface area contributed by atoms with Crippen molar-refractivity contribution in [3.8, 4) is 0 Å². The van der Waals surface area contributed by atoms with E-state index in [1.165, 1.54) is 18.9 Å². The molecule has 20 heavy (non-hydrogen) atoms. The number of anilines is 1. The maximum Gasteiger partial charge on any atom is 0.125 e. The molecule has 1 N–H and O–H groups in total. The van der Waals surface area contributed by atoms with E-state index in [2.05, 4.69) is 40.0 Å². The van der Waals surface area contributed by atoms with Crippen LogP contribution in [0.25, 0.3) is 0 Å². The number of hydrogen-bond donors (Lipinski definition) is 1. The smallest absolute Gasteiger partial charge is 0.125 e.